The van der Waals surface area contributed by atoms with E-state index in [1.165, 1.54) is 23.1 Å². The summed E-state index contributed by atoms with van der Waals surface area (Å²) in [5.74, 6) is 1.53. The molecule has 1 fully saturated rings. The second-order valence-corrected chi connectivity index (χ2v) is 4.97. The van der Waals surface area contributed by atoms with Gasteiger partial charge in [0.2, 0.25) is 0 Å². The van der Waals surface area contributed by atoms with Crippen LogP contribution in [0.15, 0.2) is 12.1 Å². The summed E-state index contributed by atoms with van der Waals surface area (Å²) in [4.78, 5) is 0. The van der Waals surface area contributed by atoms with E-state index in [1.54, 1.807) is 7.11 Å². The summed E-state index contributed by atoms with van der Waals surface area (Å²) in [5.41, 5.74) is 9.92. The molecular weight excluding hydrogens is 212 g/mol. The molecule has 0 spiro atoms. The molecule has 0 saturated carbocycles. The number of nitrogens with two attached hydrogens (primary N) is 1. The van der Waals surface area contributed by atoms with Crippen molar-refractivity contribution in [3.63, 3.8) is 0 Å². The minimum absolute atomic E-state index is 0.133. The van der Waals surface area contributed by atoms with E-state index in [0.717, 1.165) is 18.8 Å². The number of ether oxygens (including phenoxy) is 1. The summed E-state index contributed by atoms with van der Waals surface area (Å²) in [6.45, 7) is 6.28. The molecule has 94 valence electrons. The molecule has 0 bridgehead atoms. The Kier molecular flexibility index (Phi) is 3.69. The van der Waals surface area contributed by atoms with Crippen LogP contribution in [0.5, 0.6) is 5.75 Å². The number of rotatable bonds is 3. The molecule has 17 heavy (non-hydrogen) atoms. The van der Waals surface area contributed by atoms with Crippen LogP contribution in [-0.4, -0.2) is 20.2 Å². The first kappa shape index (κ1) is 12.4. The van der Waals surface area contributed by atoms with Gasteiger partial charge in [0.1, 0.15) is 5.75 Å². The molecule has 0 radical (unpaired) electrons. The largest absolute Gasteiger partial charge is 0.496 e. The van der Waals surface area contributed by atoms with Crippen molar-refractivity contribution >= 4 is 0 Å². The van der Waals surface area contributed by atoms with E-state index in [-0.39, 0.29) is 6.04 Å². The van der Waals surface area contributed by atoms with Crippen LogP contribution in [-0.2, 0) is 0 Å². The number of hydrogen-bond acceptors (Lipinski definition) is 3. The van der Waals surface area contributed by atoms with Gasteiger partial charge in [-0.05, 0) is 56.0 Å². The zero-order chi connectivity index (χ0) is 12.4. The predicted octanol–water partition coefficient (Wildman–Crippen LogP) is 1.92. The molecule has 3 nitrogen and oxygen atoms in total. The van der Waals surface area contributed by atoms with Crippen molar-refractivity contribution in [2.24, 2.45) is 11.7 Å². The quantitative estimate of drug-likeness (QED) is 0.840. The van der Waals surface area contributed by atoms with Crippen molar-refractivity contribution in [1.82, 2.24) is 5.32 Å². The Morgan fingerprint density at radius 1 is 1.35 bits per heavy atom. The fourth-order valence-electron chi connectivity index (χ4n) is 2.75. The average Bonchev–Trinajstić information content (AvgIpc) is 2.81. The van der Waals surface area contributed by atoms with Gasteiger partial charge >= 0.3 is 0 Å². The van der Waals surface area contributed by atoms with Crippen LogP contribution in [0, 0.1) is 19.8 Å². The Bertz CT molecular complexity index is 374. The molecule has 3 heteroatoms. The molecular formula is C14H22N2O. The Balaban J connectivity index is 2.26. The smallest absolute Gasteiger partial charge is 0.124 e. The van der Waals surface area contributed by atoms with Gasteiger partial charge in [-0.25, -0.2) is 0 Å². The summed E-state index contributed by atoms with van der Waals surface area (Å²) in [6, 6.07) is 4.46. The Morgan fingerprint density at radius 2 is 2.00 bits per heavy atom. The van der Waals surface area contributed by atoms with Gasteiger partial charge in [-0.2, -0.15) is 0 Å². The van der Waals surface area contributed by atoms with Crippen LogP contribution >= 0.6 is 0 Å². The molecule has 1 aliphatic rings. The Morgan fingerprint density at radius 3 is 2.47 bits per heavy atom. The fourth-order valence-corrected chi connectivity index (χ4v) is 2.75. The summed E-state index contributed by atoms with van der Waals surface area (Å²) in [7, 11) is 1.72. The van der Waals surface area contributed by atoms with E-state index in [0.29, 0.717) is 5.92 Å². The molecule has 1 aliphatic heterocycles. The minimum atomic E-state index is 0.133. The van der Waals surface area contributed by atoms with Crippen LogP contribution in [0.3, 0.4) is 0 Å². The van der Waals surface area contributed by atoms with Gasteiger partial charge in [-0.1, -0.05) is 12.1 Å². The molecule has 3 N–H and O–H groups in total. The number of nitrogens with one attached hydrogen (secondary N) is 1. The van der Waals surface area contributed by atoms with Gasteiger partial charge in [-0.3, -0.25) is 0 Å². The molecule has 0 amide bonds. The lowest BCUT2D eigenvalue weighted by Crippen LogP contribution is -2.23. The fraction of sp³-hybridized carbons (Fsp3) is 0.571. The maximum Gasteiger partial charge on any atom is 0.124 e. The molecule has 2 unspecified atom stereocenters. The first-order chi connectivity index (χ1) is 8.13. The topological polar surface area (TPSA) is 47.3 Å². The zero-order valence-corrected chi connectivity index (χ0v) is 10.9. The third kappa shape index (κ3) is 2.45. The molecule has 2 rings (SSSR count). The second-order valence-electron chi connectivity index (χ2n) is 4.97. The van der Waals surface area contributed by atoms with Crippen LogP contribution in [0.2, 0.25) is 0 Å². The van der Waals surface area contributed by atoms with E-state index in [4.69, 9.17) is 10.5 Å². The molecule has 0 aromatic heterocycles. The highest BCUT2D eigenvalue weighted by Crippen LogP contribution is 2.30. The molecule has 1 heterocycles. The number of hydrogen-bond donors (Lipinski definition) is 2. The van der Waals surface area contributed by atoms with Crippen molar-refractivity contribution < 1.29 is 4.74 Å². The standard InChI is InChI=1S/C14H22N2O/c1-9-6-12(7-10(2)14(9)17-3)13(15)11-4-5-16-8-11/h6-7,11,13,16H,4-5,8,15H2,1-3H3. The van der Waals surface area contributed by atoms with E-state index < -0.39 is 0 Å². The van der Waals surface area contributed by atoms with Crippen molar-refractivity contribution in [3.8, 4) is 5.75 Å². The number of benzene rings is 1. The third-order valence-corrected chi connectivity index (χ3v) is 3.68. The first-order valence-corrected chi connectivity index (χ1v) is 6.25. The van der Waals surface area contributed by atoms with E-state index in [9.17, 15) is 0 Å². The zero-order valence-electron chi connectivity index (χ0n) is 10.9. The summed E-state index contributed by atoms with van der Waals surface area (Å²) >= 11 is 0. The SMILES string of the molecule is COc1c(C)cc(C(N)C2CCNC2)cc1C. The van der Waals surface area contributed by atoms with Crippen molar-refractivity contribution in [2.75, 3.05) is 20.2 Å². The van der Waals surface area contributed by atoms with Crippen LogP contribution in [0.25, 0.3) is 0 Å². The van der Waals surface area contributed by atoms with Gasteiger partial charge in [-0.15, -0.1) is 0 Å². The summed E-state index contributed by atoms with van der Waals surface area (Å²) in [5, 5.41) is 3.37. The van der Waals surface area contributed by atoms with Gasteiger partial charge < -0.3 is 15.8 Å². The number of methoxy groups -OCH3 is 1. The van der Waals surface area contributed by atoms with E-state index in [1.807, 2.05) is 0 Å². The minimum Gasteiger partial charge on any atom is -0.496 e. The molecule has 1 aromatic carbocycles. The number of aryl methyl sites for hydroxylation is 2. The predicted molar refractivity (Wildman–Crippen MR) is 70.4 cm³/mol. The normalized spacial score (nSPS) is 21.5. The van der Waals surface area contributed by atoms with Crippen LogP contribution < -0.4 is 15.8 Å². The Labute approximate surface area is 103 Å². The third-order valence-electron chi connectivity index (χ3n) is 3.68. The monoisotopic (exact) mass is 234 g/mol. The second kappa shape index (κ2) is 5.07. The molecule has 0 aliphatic carbocycles. The summed E-state index contributed by atoms with van der Waals surface area (Å²) in [6.07, 6.45) is 1.17. The van der Waals surface area contributed by atoms with Gasteiger partial charge in [0, 0.05) is 6.04 Å². The highest BCUT2D eigenvalue weighted by Gasteiger charge is 2.23. The van der Waals surface area contributed by atoms with Gasteiger partial charge in [0.25, 0.3) is 0 Å². The van der Waals surface area contributed by atoms with Crippen molar-refractivity contribution in [1.29, 1.82) is 0 Å². The highest BCUT2D eigenvalue weighted by atomic mass is 16.5. The van der Waals surface area contributed by atoms with Crippen molar-refractivity contribution in [3.05, 3.63) is 28.8 Å². The first-order valence-electron chi connectivity index (χ1n) is 6.25. The molecule has 1 saturated heterocycles. The maximum atomic E-state index is 6.35. The van der Waals surface area contributed by atoms with Crippen LogP contribution in [0.1, 0.15) is 29.2 Å². The molecule has 1 aromatic rings. The lowest BCUT2D eigenvalue weighted by atomic mass is 9.91. The highest BCUT2D eigenvalue weighted by molar-refractivity contribution is 5.44. The average molecular weight is 234 g/mol. The lowest BCUT2D eigenvalue weighted by molar-refractivity contribution is 0.407. The van der Waals surface area contributed by atoms with E-state index >= 15 is 0 Å². The van der Waals surface area contributed by atoms with Crippen LogP contribution in [0.4, 0.5) is 0 Å². The molecule has 2 atom stereocenters. The Hall–Kier alpha value is -1.06. The van der Waals surface area contributed by atoms with Gasteiger partial charge in [0.05, 0.1) is 7.11 Å². The van der Waals surface area contributed by atoms with Gasteiger partial charge in [0.15, 0.2) is 0 Å². The van der Waals surface area contributed by atoms with E-state index in [2.05, 4.69) is 31.3 Å². The lowest BCUT2D eigenvalue weighted by Gasteiger charge is -2.21. The van der Waals surface area contributed by atoms with Crippen molar-refractivity contribution in [2.45, 2.75) is 26.3 Å². The summed E-state index contributed by atoms with van der Waals surface area (Å²) < 4.78 is 5.38. The maximum absolute atomic E-state index is 6.35.